The molecule has 1 aliphatic heterocycles. The van der Waals surface area contributed by atoms with Crippen molar-refractivity contribution in [3.05, 3.63) is 64.1 Å². The van der Waals surface area contributed by atoms with Crippen LogP contribution in [-0.2, 0) is 14.6 Å². The largest absolute Gasteiger partial charge is 0.290 e. The van der Waals surface area contributed by atoms with Gasteiger partial charge in [0.15, 0.2) is 15.2 Å². The van der Waals surface area contributed by atoms with Crippen molar-refractivity contribution in [1.82, 2.24) is 0 Å². The first-order valence-corrected chi connectivity index (χ1v) is 8.90. The van der Waals surface area contributed by atoms with E-state index in [1.165, 1.54) is 4.90 Å². The number of hydrogen-bond acceptors (Lipinski definition) is 3. The summed E-state index contributed by atoms with van der Waals surface area (Å²) in [6, 6.07) is 12.9. The average Bonchev–Trinajstić information content (AvgIpc) is 2.70. The van der Waals surface area contributed by atoms with Gasteiger partial charge >= 0.3 is 0 Å². The zero-order valence-electron chi connectivity index (χ0n) is 11.2. The van der Waals surface area contributed by atoms with Gasteiger partial charge in [-0.15, -0.1) is 0 Å². The zero-order chi connectivity index (χ0) is 15.9. The van der Waals surface area contributed by atoms with Crippen LogP contribution in [-0.4, -0.2) is 20.1 Å². The van der Waals surface area contributed by atoms with Gasteiger partial charge in [-0.2, -0.15) is 0 Å². The molecule has 2 aromatic rings. The van der Waals surface area contributed by atoms with Gasteiger partial charge in [0.05, 0.1) is 0 Å². The number of carbonyl (C=O) groups excluding carboxylic acids is 1. The van der Waals surface area contributed by atoms with Gasteiger partial charge in [-0.05, 0) is 42.0 Å². The van der Waals surface area contributed by atoms with Gasteiger partial charge in [0.2, 0.25) is 5.91 Å². The number of halogens is 2. The molecule has 0 radical (unpaired) electrons. The Labute approximate surface area is 138 Å². The first-order chi connectivity index (χ1) is 10.4. The highest BCUT2D eigenvalue weighted by atomic mass is 35.5. The highest BCUT2D eigenvalue weighted by Gasteiger charge is 2.45. The summed E-state index contributed by atoms with van der Waals surface area (Å²) in [6.07, 6.45) is 0. The fraction of sp³-hybridized carbons (Fsp3) is 0.133. The third-order valence-electron chi connectivity index (χ3n) is 3.43. The molecule has 1 amide bonds. The number of benzene rings is 2. The molecule has 1 fully saturated rings. The second-order valence-corrected chi connectivity index (χ2v) is 7.89. The number of carbonyl (C=O) groups is 1. The van der Waals surface area contributed by atoms with E-state index < -0.39 is 26.9 Å². The maximum absolute atomic E-state index is 12.4. The van der Waals surface area contributed by atoms with Crippen LogP contribution in [0.1, 0.15) is 10.9 Å². The van der Waals surface area contributed by atoms with Gasteiger partial charge in [-0.25, -0.2) is 8.42 Å². The van der Waals surface area contributed by atoms with Gasteiger partial charge < -0.3 is 0 Å². The molecule has 22 heavy (non-hydrogen) atoms. The quantitative estimate of drug-likeness (QED) is 0.828. The van der Waals surface area contributed by atoms with E-state index in [9.17, 15) is 13.2 Å². The molecule has 1 atom stereocenters. The maximum Gasteiger partial charge on any atom is 0.243 e. The lowest BCUT2D eigenvalue weighted by molar-refractivity contribution is -0.115. The highest BCUT2D eigenvalue weighted by Crippen LogP contribution is 2.38. The lowest BCUT2D eigenvalue weighted by atomic mass is 10.2. The molecule has 1 saturated heterocycles. The Morgan fingerprint density at radius 3 is 1.95 bits per heavy atom. The summed E-state index contributed by atoms with van der Waals surface area (Å²) >= 11 is 11.7. The van der Waals surface area contributed by atoms with Crippen molar-refractivity contribution in [3.63, 3.8) is 0 Å². The van der Waals surface area contributed by atoms with Crippen molar-refractivity contribution in [1.29, 1.82) is 0 Å². The van der Waals surface area contributed by atoms with Gasteiger partial charge in [0.25, 0.3) is 0 Å². The summed E-state index contributed by atoms with van der Waals surface area (Å²) < 4.78 is 24.8. The minimum atomic E-state index is -3.61. The summed E-state index contributed by atoms with van der Waals surface area (Å²) in [4.78, 5) is 13.5. The van der Waals surface area contributed by atoms with Crippen molar-refractivity contribution >= 4 is 44.6 Å². The Bertz CT molecular complexity index is 817. The third-order valence-corrected chi connectivity index (χ3v) is 5.74. The van der Waals surface area contributed by atoms with E-state index >= 15 is 0 Å². The smallest absolute Gasteiger partial charge is 0.243 e. The summed E-state index contributed by atoms with van der Waals surface area (Å²) in [6.45, 7) is 0. The van der Waals surface area contributed by atoms with Crippen molar-refractivity contribution < 1.29 is 13.2 Å². The molecule has 3 rings (SSSR count). The van der Waals surface area contributed by atoms with Crippen molar-refractivity contribution in [2.45, 2.75) is 5.37 Å². The Kier molecular flexibility index (Phi) is 3.89. The molecule has 0 saturated carbocycles. The topological polar surface area (TPSA) is 54.5 Å². The van der Waals surface area contributed by atoms with Gasteiger partial charge in [-0.3, -0.25) is 9.69 Å². The Morgan fingerprint density at radius 2 is 1.41 bits per heavy atom. The number of anilines is 1. The predicted octanol–water partition coefficient (Wildman–Crippen LogP) is 3.45. The van der Waals surface area contributed by atoms with Crippen LogP contribution >= 0.6 is 23.2 Å². The number of hydrogen-bond donors (Lipinski definition) is 0. The van der Waals surface area contributed by atoms with E-state index in [-0.39, 0.29) is 0 Å². The maximum atomic E-state index is 12.4. The molecule has 0 bridgehead atoms. The fourth-order valence-electron chi connectivity index (χ4n) is 2.48. The van der Waals surface area contributed by atoms with Crippen molar-refractivity contribution in [2.75, 3.05) is 10.7 Å². The molecule has 0 aromatic heterocycles. The van der Waals surface area contributed by atoms with Crippen LogP contribution in [0.4, 0.5) is 5.69 Å². The first-order valence-electron chi connectivity index (χ1n) is 6.43. The molecule has 0 spiro atoms. The molecular weight excluding hydrogens is 345 g/mol. The number of rotatable bonds is 2. The fourth-order valence-corrected chi connectivity index (χ4v) is 4.50. The van der Waals surface area contributed by atoms with Gasteiger partial charge in [-0.1, -0.05) is 35.3 Å². The summed E-state index contributed by atoms with van der Waals surface area (Å²) in [7, 11) is -3.61. The van der Waals surface area contributed by atoms with E-state index in [0.717, 1.165) is 0 Å². The molecule has 1 aliphatic rings. The number of nitrogens with zero attached hydrogens (tertiary/aromatic N) is 1. The molecule has 0 N–H and O–H groups in total. The molecule has 7 heteroatoms. The van der Waals surface area contributed by atoms with Crippen LogP contribution in [0.2, 0.25) is 10.0 Å². The molecule has 114 valence electrons. The standard InChI is InChI=1S/C15H11Cl2NO3S/c16-11-3-1-10(2-4-11)15-18(14(19)9-22(15,20)21)13-7-5-12(17)6-8-13/h1-8,15H,9H2/t15-/m0/s1. The van der Waals surface area contributed by atoms with Crippen LogP contribution in [0.5, 0.6) is 0 Å². The predicted molar refractivity (Wildman–Crippen MR) is 86.9 cm³/mol. The van der Waals surface area contributed by atoms with E-state index in [1.807, 2.05) is 0 Å². The second kappa shape index (κ2) is 5.57. The summed E-state index contributed by atoms with van der Waals surface area (Å²) in [5, 5.41) is -0.0248. The van der Waals surface area contributed by atoms with E-state index in [1.54, 1.807) is 48.5 Å². The van der Waals surface area contributed by atoms with Crippen LogP contribution in [0.25, 0.3) is 0 Å². The van der Waals surface area contributed by atoms with Crippen LogP contribution in [0.3, 0.4) is 0 Å². The lowest BCUT2D eigenvalue weighted by Gasteiger charge is -2.24. The van der Waals surface area contributed by atoms with Crippen LogP contribution in [0, 0.1) is 0 Å². The summed E-state index contributed by atoms with van der Waals surface area (Å²) in [5.74, 6) is -0.967. The number of amides is 1. The molecular formula is C15H11Cl2NO3S. The van der Waals surface area contributed by atoms with Crippen LogP contribution < -0.4 is 4.90 Å². The Morgan fingerprint density at radius 1 is 0.909 bits per heavy atom. The van der Waals surface area contributed by atoms with E-state index in [2.05, 4.69) is 0 Å². The van der Waals surface area contributed by atoms with Gasteiger partial charge in [0, 0.05) is 15.7 Å². The Hall–Kier alpha value is -1.56. The lowest BCUT2D eigenvalue weighted by Crippen LogP contribution is -2.29. The first kappa shape index (κ1) is 15.3. The zero-order valence-corrected chi connectivity index (χ0v) is 13.6. The average molecular weight is 356 g/mol. The van der Waals surface area contributed by atoms with Crippen LogP contribution in [0.15, 0.2) is 48.5 Å². The number of sulfone groups is 1. The SMILES string of the molecule is O=C1CS(=O)(=O)[C@@H](c2ccc(Cl)cc2)N1c1ccc(Cl)cc1. The molecule has 1 heterocycles. The normalized spacial score (nSPS) is 20.4. The Balaban J connectivity index is 2.12. The monoisotopic (exact) mass is 355 g/mol. The summed E-state index contributed by atoms with van der Waals surface area (Å²) in [5.41, 5.74) is 1.00. The van der Waals surface area contributed by atoms with Gasteiger partial charge in [0.1, 0.15) is 5.75 Å². The minimum absolute atomic E-state index is 0.456. The molecule has 0 aliphatic carbocycles. The minimum Gasteiger partial charge on any atom is -0.290 e. The van der Waals surface area contributed by atoms with Crippen molar-refractivity contribution in [2.24, 2.45) is 0 Å². The van der Waals surface area contributed by atoms with E-state index in [0.29, 0.717) is 21.3 Å². The molecule has 0 unspecified atom stereocenters. The highest BCUT2D eigenvalue weighted by molar-refractivity contribution is 7.93. The molecule has 4 nitrogen and oxygen atoms in total. The molecule has 2 aromatic carbocycles. The van der Waals surface area contributed by atoms with E-state index in [4.69, 9.17) is 23.2 Å². The van der Waals surface area contributed by atoms with Crippen molar-refractivity contribution in [3.8, 4) is 0 Å². The third kappa shape index (κ3) is 2.72. The second-order valence-electron chi connectivity index (χ2n) is 4.95.